The van der Waals surface area contributed by atoms with Crippen LogP contribution in [0.2, 0.25) is 0 Å². The molecule has 2 aromatic carbocycles. The molecule has 0 saturated carbocycles. The van der Waals surface area contributed by atoms with Gasteiger partial charge in [0.2, 0.25) is 0 Å². The number of urea groups is 1. The zero-order valence-corrected chi connectivity index (χ0v) is 22.7. The number of rotatable bonds is 7. The highest BCUT2D eigenvalue weighted by Gasteiger charge is 2.26. The summed E-state index contributed by atoms with van der Waals surface area (Å²) in [7, 11) is 1.58. The van der Waals surface area contributed by atoms with E-state index >= 15 is 0 Å². The lowest BCUT2D eigenvalue weighted by atomic mass is 9.94. The Morgan fingerprint density at radius 3 is 2.50 bits per heavy atom. The maximum atomic E-state index is 13.0. The number of hydrogen-bond acceptors (Lipinski definition) is 5. The van der Waals surface area contributed by atoms with Gasteiger partial charge in [0.05, 0.1) is 18.0 Å². The number of carbonyl (C=O) groups excluding carboxylic acids is 2. The van der Waals surface area contributed by atoms with Crippen LogP contribution in [0.5, 0.6) is 5.75 Å². The first kappa shape index (κ1) is 26.3. The van der Waals surface area contributed by atoms with Crippen molar-refractivity contribution in [1.29, 1.82) is 0 Å². The fourth-order valence-electron chi connectivity index (χ4n) is 4.21. The topological polar surface area (TPSA) is 103 Å². The summed E-state index contributed by atoms with van der Waals surface area (Å²) in [5.74, 6) is 2.54. The van der Waals surface area contributed by atoms with Crippen LogP contribution in [0, 0.1) is 5.92 Å². The minimum Gasteiger partial charge on any atom is -0.616 e. The van der Waals surface area contributed by atoms with Gasteiger partial charge in [-0.2, -0.15) is 0 Å². The highest BCUT2D eigenvalue weighted by molar-refractivity contribution is 7.91. The van der Waals surface area contributed by atoms with Crippen molar-refractivity contribution in [3.63, 3.8) is 0 Å². The zero-order chi connectivity index (χ0) is 25.9. The summed E-state index contributed by atoms with van der Waals surface area (Å²) in [6, 6.07) is 12.9. The molecule has 0 radical (unpaired) electrons. The molecule has 2 atom stereocenters. The smallest absolute Gasteiger partial charge is 0.323 e. The summed E-state index contributed by atoms with van der Waals surface area (Å²) in [6.45, 7) is 6.78. The van der Waals surface area contributed by atoms with Crippen LogP contribution in [0.4, 0.5) is 16.2 Å². The second-order valence-corrected chi connectivity index (χ2v) is 12.7. The van der Waals surface area contributed by atoms with Gasteiger partial charge in [-0.1, -0.05) is 56.2 Å². The molecular weight excluding hydrogens is 494 g/mol. The number of ether oxygens (including phenoxy) is 1. The lowest BCUT2D eigenvalue weighted by Crippen LogP contribution is -2.23. The maximum absolute atomic E-state index is 13.0. The number of fused-ring (bicyclic) bond motifs is 1. The quantitative estimate of drug-likeness (QED) is 0.341. The van der Waals surface area contributed by atoms with E-state index in [0.717, 1.165) is 45.7 Å². The molecule has 3 aromatic rings. The summed E-state index contributed by atoms with van der Waals surface area (Å²) < 4.78 is 17.7. The van der Waals surface area contributed by atoms with E-state index in [1.54, 1.807) is 7.05 Å². The van der Waals surface area contributed by atoms with Gasteiger partial charge in [-0.05, 0) is 36.5 Å². The molecule has 3 N–H and O–H groups in total. The molecule has 9 heteroatoms. The van der Waals surface area contributed by atoms with Crippen molar-refractivity contribution >= 4 is 56.6 Å². The maximum Gasteiger partial charge on any atom is 0.323 e. The highest BCUT2D eigenvalue weighted by Crippen LogP contribution is 2.36. The summed E-state index contributed by atoms with van der Waals surface area (Å²) in [5.41, 5.74) is 0.985. The van der Waals surface area contributed by atoms with Gasteiger partial charge >= 0.3 is 6.03 Å². The molecule has 1 aliphatic rings. The second kappa shape index (κ2) is 11.1. The van der Waals surface area contributed by atoms with Crippen molar-refractivity contribution in [3.8, 4) is 5.75 Å². The van der Waals surface area contributed by atoms with Crippen molar-refractivity contribution in [3.05, 3.63) is 52.2 Å². The van der Waals surface area contributed by atoms with Crippen LogP contribution in [0.1, 0.15) is 48.2 Å². The standard InChI is InChI=1S/C27H33N3O4S2/c1-27(2,3)23-15-21(24(35-23)25(31)28-4)30-26(32)29-20-9-10-22(19-8-6-5-7-18(19)20)34-13-11-17-12-14-36(33)16-17/h5-10,15,17H,11-14,16H2,1-4H3,(H,28,31)(H2,29,30,32). The summed E-state index contributed by atoms with van der Waals surface area (Å²) >= 11 is 0.702. The molecule has 2 heterocycles. The normalized spacial score (nSPS) is 17.7. The molecule has 4 rings (SSSR count). The van der Waals surface area contributed by atoms with Crippen LogP contribution >= 0.6 is 11.3 Å². The van der Waals surface area contributed by atoms with Gasteiger partial charge in [-0.25, -0.2) is 4.79 Å². The van der Waals surface area contributed by atoms with E-state index in [2.05, 4.69) is 36.7 Å². The molecule has 2 unspecified atom stereocenters. The first-order valence-corrected chi connectivity index (χ1v) is 14.4. The Balaban J connectivity index is 1.49. The van der Waals surface area contributed by atoms with Crippen LogP contribution in [-0.4, -0.2) is 41.7 Å². The third-order valence-corrected chi connectivity index (χ3v) is 9.34. The number of hydrogen-bond donors (Lipinski definition) is 3. The Morgan fingerprint density at radius 1 is 1.11 bits per heavy atom. The molecule has 36 heavy (non-hydrogen) atoms. The van der Waals surface area contributed by atoms with E-state index in [1.807, 2.05) is 42.5 Å². The molecule has 1 aliphatic heterocycles. The van der Waals surface area contributed by atoms with Gasteiger partial charge in [0.25, 0.3) is 5.91 Å². The number of carbonyl (C=O) groups is 2. The second-order valence-electron chi connectivity index (χ2n) is 10.0. The Labute approximate surface area is 219 Å². The van der Waals surface area contributed by atoms with Crippen LogP contribution in [-0.2, 0) is 16.6 Å². The van der Waals surface area contributed by atoms with E-state index in [9.17, 15) is 14.1 Å². The van der Waals surface area contributed by atoms with Crippen LogP contribution in [0.25, 0.3) is 10.8 Å². The largest absolute Gasteiger partial charge is 0.616 e. The van der Waals surface area contributed by atoms with E-state index in [1.165, 1.54) is 11.3 Å². The number of benzene rings is 2. The Bertz CT molecular complexity index is 1250. The minimum atomic E-state index is -0.678. The molecular formula is C27H33N3O4S2. The number of thiophene rings is 1. The summed E-state index contributed by atoms with van der Waals surface area (Å²) in [6.07, 6.45) is 1.88. The van der Waals surface area contributed by atoms with Crippen molar-refractivity contribution < 1.29 is 18.9 Å². The predicted molar refractivity (Wildman–Crippen MR) is 149 cm³/mol. The van der Waals surface area contributed by atoms with Crippen molar-refractivity contribution in [2.24, 2.45) is 5.92 Å². The highest BCUT2D eigenvalue weighted by atomic mass is 32.2. The van der Waals surface area contributed by atoms with Gasteiger partial charge in [-0.15, -0.1) is 11.3 Å². The first-order valence-electron chi connectivity index (χ1n) is 12.1. The molecule has 192 valence electrons. The van der Waals surface area contributed by atoms with Crippen molar-refractivity contribution in [2.45, 2.75) is 39.0 Å². The van der Waals surface area contributed by atoms with Crippen LogP contribution < -0.4 is 20.7 Å². The molecule has 0 aliphatic carbocycles. The Kier molecular flexibility index (Phi) is 8.12. The summed E-state index contributed by atoms with van der Waals surface area (Å²) in [4.78, 5) is 26.9. The SMILES string of the molecule is CNC(=O)c1sc(C(C)(C)C)cc1NC(=O)Nc1ccc(OCCC2CC[S+]([O-])C2)c2ccccc12. The third kappa shape index (κ3) is 6.14. The average molecular weight is 528 g/mol. The number of nitrogens with one attached hydrogen (secondary N) is 3. The van der Waals surface area contributed by atoms with Crippen LogP contribution in [0.3, 0.4) is 0 Å². The van der Waals surface area contributed by atoms with Crippen molar-refractivity contribution in [2.75, 3.05) is 35.8 Å². The van der Waals surface area contributed by atoms with Crippen LogP contribution in [0.15, 0.2) is 42.5 Å². The molecule has 3 amide bonds. The van der Waals surface area contributed by atoms with E-state index in [0.29, 0.717) is 28.8 Å². The molecule has 0 spiro atoms. The van der Waals surface area contributed by atoms with Gasteiger partial charge in [0, 0.05) is 28.6 Å². The zero-order valence-electron chi connectivity index (χ0n) is 21.1. The third-order valence-electron chi connectivity index (χ3n) is 6.24. The van der Waals surface area contributed by atoms with E-state index in [4.69, 9.17) is 4.74 Å². The number of anilines is 2. The van der Waals surface area contributed by atoms with Gasteiger partial charge in [0.1, 0.15) is 22.1 Å². The van der Waals surface area contributed by atoms with E-state index < -0.39 is 17.2 Å². The monoisotopic (exact) mass is 527 g/mol. The molecule has 0 bridgehead atoms. The minimum absolute atomic E-state index is 0.148. The molecule has 7 nitrogen and oxygen atoms in total. The Hall–Kier alpha value is -2.75. The van der Waals surface area contributed by atoms with Crippen molar-refractivity contribution in [1.82, 2.24) is 5.32 Å². The van der Waals surface area contributed by atoms with Gasteiger partial charge in [0.15, 0.2) is 0 Å². The molecule has 1 aromatic heterocycles. The fraction of sp³-hybridized carbons (Fsp3) is 0.407. The average Bonchev–Trinajstić information content (AvgIpc) is 3.46. The van der Waals surface area contributed by atoms with E-state index in [-0.39, 0.29) is 11.3 Å². The van der Waals surface area contributed by atoms with Gasteiger partial charge < -0.3 is 25.2 Å². The lowest BCUT2D eigenvalue weighted by Gasteiger charge is -2.15. The predicted octanol–water partition coefficient (Wildman–Crippen LogP) is 5.74. The Morgan fingerprint density at radius 2 is 1.83 bits per heavy atom. The molecule has 1 saturated heterocycles. The first-order chi connectivity index (χ1) is 17.2. The summed E-state index contributed by atoms with van der Waals surface area (Å²) in [5, 5.41) is 10.2. The van der Waals surface area contributed by atoms with Gasteiger partial charge in [-0.3, -0.25) is 4.79 Å². The fourth-order valence-corrected chi connectivity index (χ4v) is 6.95. The lowest BCUT2D eigenvalue weighted by molar-refractivity contribution is 0.0968. The number of amides is 3. The molecule has 1 fully saturated rings.